The molecule has 0 fully saturated rings. The quantitative estimate of drug-likeness (QED) is 0.662. The number of carbonyl (C=O) groups is 2. The van der Waals surface area contributed by atoms with Crippen LogP contribution in [0.5, 0.6) is 5.88 Å². The van der Waals surface area contributed by atoms with E-state index in [0.29, 0.717) is 18.0 Å². The van der Waals surface area contributed by atoms with Crippen molar-refractivity contribution in [2.45, 2.75) is 32.4 Å². The number of aromatic nitrogens is 1. The summed E-state index contributed by atoms with van der Waals surface area (Å²) in [6.45, 7) is 2.16. The molecule has 1 aromatic heterocycles. The summed E-state index contributed by atoms with van der Waals surface area (Å²) in [4.78, 5) is 28.6. The third-order valence-corrected chi connectivity index (χ3v) is 3.78. The first-order valence-electron chi connectivity index (χ1n) is 8.61. The second kappa shape index (κ2) is 10.1. The Bertz CT molecular complexity index is 751. The monoisotopic (exact) mass is 374 g/mol. The van der Waals surface area contributed by atoms with Crippen LogP contribution in [-0.2, 0) is 11.3 Å². The van der Waals surface area contributed by atoms with Gasteiger partial charge in [-0.25, -0.2) is 14.2 Å². The lowest BCUT2D eigenvalue weighted by Gasteiger charge is -2.18. The van der Waals surface area contributed by atoms with Crippen molar-refractivity contribution in [3.05, 3.63) is 54.0 Å². The molecule has 1 atom stereocenters. The highest BCUT2D eigenvalue weighted by Gasteiger charge is 2.20. The summed E-state index contributed by atoms with van der Waals surface area (Å²) >= 11 is 0. The Kier molecular flexibility index (Phi) is 7.54. The number of hydrogen-bond donors (Lipinski definition) is 3. The molecule has 2 aromatic rings. The summed E-state index contributed by atoms with van der Waals surface area (Å²) in [5.74, 6) is -0.229. The third kappa shape index (κ3) is 6.58. The molecule has 8 heteroatoms. The highest BCUT2D eigenvalue weighted by Crippen LogP contribution is 2.12. The number of benzene rings is 1. The van der Waals surface area contributed by atoms with Crippen molar-refractivity contribution in [2.24, 2.45) is 0 Å². The summed E-state index contributed by atoms with van der Waals surface area (Å²) in [6.07, 6.45) is 2.69. The first-order chi connectivity index (χ1) is 13.0. The fourth-order valence-electron chi connectivity index (χ4n) is 2.36. The van der Waals surface area contributed by atoms with Gasteiger partial charge in [-0.15, -0.1) is 0 Å². The number of amides is 3. The van der Waals surface area contributed by atoms with Crippen LogP contribution in [0.4, 0.5) is 14.9 Å². The zero-order valence-electron chi connectivity index (χ0n) is 15.3. The number of pyridine rings is 1. The van der Waals surface area contributed by atoms with Crippen LogP contribution in [0.3, 0.4) is 0 Å². The summed E-state index contributed by atoms with van der Waals surface area (Å²) in [7, 11) is 1.51. The molecule has 0 aliphatic heterocycles. The van der Waals surface area contributed by atoms with Crippen molar-refractivity contribution in [1.29, 1.82) is 0 Å². The van der Waals surface area contributed by atoms with Gasteiger partial charge >= 0.3 is 6.03 Å². The molecule has 3 amide bonds. The molecule has 7 nitrogen and oxygen atoms in total. The number of methoxy groups -OCH3 is 1. The smallest absolute Gasteiger partial charge is 0.315 e. The SMILES string of the molecule is CCCC(NC(=O)NCc1ccc(F)cc1)C(=O)Nc1ccc(OC)nc1. The fourth-order valence-corrected chi connectivity index (χ4v) is 2.36. The van der Waals surface area contributed by atoms with E-state index in [1.54, 1.807) is 24.3 Å². The second-order valence-electron chi connectivity index (χ2n) is 5.87. The lowest BCUT2D eigenvalue weighted by molar-refractivity contribution is -0.118. The molecule has 0 bridgehead atoms. The summed E-state index contributed by atoms with van der Waals surface area (Å²) in [5.41, 5.74) is 1.27. The normalized spacial score (nSPS) is 11.4. The number of hydrogen-bond acceptors (Lipinski definition) is 4. The molecule has 1 aromatic carbocycles. The van der Waals surface area contributed by atoms with Gasteiger partial charge in [0, 0.05) is 12.6 Å². The number of nitrogens with one attached hydrogen (secondary N) is 3. The van der Waals surface area contributed by atoms with Gasteiger partial charge in [-0.3, -0.25) is 4.79 Å². The number of nitrogens with zero attached hydrogens (tertiary/aromatic N) is 1. The first-order valence-corrected chi connectivity index (χ1v) is 8.61. The molecule has 0 aliphatic rings. The Morgan fingerprint density at radius 3 is 2.52 bits per heavy atom. The van der Waals surface area contributed by atoms with E-state index < -0.39 is 12.1 Å². The number of ether oxygens (including phenoxy) is 1. The summed E-state index contributed by atoms with van der Waals surface area (Å²) < 4.78 is 17.9. The van der Waals surface area contributed by atoms with Crippen LogP contribution in [0.2, 0.25) is 0 Å². The predicted octanol–water partition coefficient (Wildman–Crippen LogP) is 2.84. The van der Waals surface area contributed by atoms with Gasteiger partial charge in [-0.05, 0) is 30.2 Å². The maximum atomic E-state index is 12.9. The van der Waals surface area contributed by atoms with Gasteiger partial charge in [0.15, 0.2) is 0 Å². The lowest BCUT2D eigenvalue weighted by Crippen LogP contribution is -2.47. The van der Waals surface area contributed by atoms with Gasteiger partial charge in [0.05, 0.1) is 19.0 Å². The Morgan fingerprint density at radius 2 is 1.93 bits per heavy atom. The molecule has 27 heavy (non-hydrogen) atoms. The maximum Gasteiger partial charge on any atom is 0.315 e. The Morgan fingerprint density at radius 1 is 1.19 bits per heavy atom. The van der Waals surface area contributed by atoms with E-state index in [-0.39, 0.29) is 18.3 Å². The number of rotatable bonds is 8. The van der Waals surface area contributed by atoms with Crippen molar-refractivity contribution < 1.29 is 18.7 Å². The van der Waals surface area contributed by atoms with E-state index in [4.69, 9.17) is 4.74 Å². The zero-order chi connectivity index (χ0) is 19.6. The Balaban J connectivity index is 1.89. The molecule has 0 spiro atoms. The largest absolute Gasteiger partial charge is 0.481 e. The van der Waals surface area contributed by atoms with E-state index in [1.807, 2.05) is 6.92 Å². The molecule has 2 rings (SSSR count). The minimum Gasteiger partial charge on any atom is -0.481 e. The van der Waals surface area contributed by atoms with Crippen LogP contribution in [0.15, 0.2) is 42.6 Å². The van der Waals surface area contributed by atoms with Gasteiger partial charge in [0.2, 0.25) is 11.8 Å². The van der Waals surface area contributed by atoms with E-state index >= 15 is 0 Å². The van der Waals surface area contributed by atoms with Crippen molar-refractivity contribution in [1.82, 2.24) is 15.6 Å². The van der Waals surface area contributed by atoms with Crippen molar-refractivity contribution in [2.75, 3.05) is 12.4 Å². The van der Waals surface area contributed by atoms with Crippen LogP contribution >= 0.6 is 0 Å². The highest BCUT2D eigenvalue weighted by molar-refractivity contribution is 5.96. The van der Waals surface area contributed by atoms with Crippen molar-refractivity contribution in [3.8, 4) is 5.88 Å². The standard InChI is InChI=1S/C19H23FN4O3/c1-3-4-16(18(25)23-15-9-10-17(27-2)21-12-15)24-19(26)22-11-13-5-7-14(20)8-6-13/h5-10,12,16H,3-4,11H2,1-2H3,(H,23,25)(H2,22,24,26). The molecule has 0 saturated carbocycles. The topological polar surface area (TPSA) is 92.4 Å². The van der Waals surface area contributed by atoms with Crippen LogP contribution < -0.4 is 20.7 Å². The van der Waals surface area contributed by atoms with Crippen LogP contribution in [0.1, 0.15) is 25.3 Å². The molecule has 3 N–H and O–H groups in total. The molecule has 0 aliphatic carbocycles. The van der Waals surface area contributed by atoms with Gasteiger partial charge in [-0.2, -0.15) is 0 Å². The van der Waals surface area contributed by atoms with Gasteiger partial charge in [0.1, 0.15) is 11.9 Å². The minimum absolute atomic E-state index is 0.231. The van der Waals surface area contributed by atoms with E-state index in [0.717, 1.165) is 12.0 Å². The Hall–Kier alpha value is -3.16. The number of carbonyl (C=O) groups excluding carboxylic acids is 2. The molecular formula is C19H23FN4O3. The average Bonchev–Trinajstić information content (AvgIpc) is 2.68. The molecular weight excluding hydrogens is 351 g/mol. The van der Waals surface area contributed by atoms with E-state index in [9.17, 15) is 14.0 Å². The van der Waals surface area contributed by atoms with E-state index in [2.05, 4.69) is 20.9 Å². The lowest BCUT2D eigenvalue weighted by atomic mass is 10.1. The van der Waals surface area contributed by atoms with Crippen LogP contribution in [0.25, 0.3) is 0 Å². The van der Waals surface area contributed by atoms with Crippen molar-refractivity contribution in [3.63, 3.8) is 0 Å². The maximum absolute atomic E-state index is 12.9. The average molecular weight is 374 g/mol. The molecule has 1 unspecified atom stereocenters. The van der Waals surface area contributed by atoms with Gasteiger partial charge in [-0.1, -0.05) is 25.5 Å². The predicted molar refractivity (Wildman–Crippen MR) is 99.9 cm³/mol. The minimum atomic E-state index is -0.690. The molecule has 0 radical (unpaired) electrons. The second-order valence-corrected chi connectivity index (χ2v) is 5.87. The highest BCUT2D eigenvalue weighted by atomic mass is 19.1. The summed E-state index contributed by atoms with van der Waals surface area (Å²) in [6, 6.07) is 7.96. The van der Waals surface area contributed by atoms with Crippen molar-refractivity contribution >= 4 is 17.6 Å². The summed E-state index contributed by atoms with van der Waals surface area (Å²) in [5, 5.41) is 8.04. The molecule has 1 heterocycles. The molecule has 144 valence electrons. The third-order valence-electron chi connectivity index (χ3n) is 3.78. The van der Waals surface area contributed by atoms with Crippen LogP contribution in [-0.4, -0.2) is 30.1 Å². The first kappa shape index (κ1) is 20.2. The fraction of sp³-hybridized carbons (Fsp3) is 0.316. The number of anilines is 1. The zero-order valence-corrected chi connectivity index (χ0v) is 15.3. The number of urea groups is 1. The van der Waals surface area contributed by atoms with Gasteiger partial charge < -0.3 is 20.7 Å². The van der Waals surface area contributed by atoms with E-state index in [1.165, 1.54) is 25.4 Å². The van der Waals surface area contributed by atoms with Crippen LogP contribution in [0, 0.1) is 5.82 Å². The van der Waals surface area contributed by atoms with Gasteiger partial charge in [0.25, 0.3) is 0 Å². The number of halogens is 1. The molecule has 0 saturated heterocycles. The Labute approximate surface area is 157 Å².